The van der Waals surface area contributed by atoms with Crippen molar-refractivity contribution in [1.29, 1.82) is 0 Å². The maximum atomic E-state index is 12.1. The van der Waals surface area contributed by atoms with E-state index in [-0.39, 0.29) is 11.9 Å². The molecule has 25 heavy (non-hydrogen) atoms. The highest BCUT2D eigenvalue weighted by atomic mass is 35.5. The van der Waals surface area contributed by atoms with Gasteiger partial charge in [-0.1, -0.05) is 11.6 Å². The fraction of sp³-hybridized carbons (Fsp3) is 0.588. The molecule has 1 aromatic carbocycles. The molecule has 1 atom stereocenters. The molecule has 1 saturated heterocycles. The quantitative estimate of drug-likeness (QED) is 0.633. The number of aliphatic imine (C=N–C) groups is 1. The average molecular weight is 388 g/mol. The summed E-state index contributed by atoms with van der Waals surface area (Å²) in [6, 6.07) is 7.22. The predicted octanol–water partition coefficient (Wildman–Crippen LogP) is 2.19. The number of halogens is 1. The SMILES string of the molecule is CN=C(NCC(C)Oc1ccc(Cl)cc1)N1CCS(=O)(=O)C(C)(C)C1. The molecule has 0 aromatic heterocycles. The number of nitrogens with zero attached hydrogens (tertiary/aromatic N) is 2. The van der Waals surface area contributed by atoms with Gasteiger partial charge in [-0.05, 0) is 45.0 Å². The Kier molecular flexibility index (Phi) is 6.21. The third-order valence-corrected chi connectivity index (χ3v) is 7.04. The highest BCUT2D eigenvalue weighted by molar-refractivity contribution is 7.92. The molecular formula is C17H26ClN3O3S. The zero-order valence-corrected chi connectivity index (χ0v) is 16.7. The molecule has 0 bridgehead atoms. The van der Waals surface area contributed by atoms with Gasteiger partial charge in [-0.25, -0.2) is 8.42 Å². The van der Waals surface area contributed by atoms with Gasteiger partial charge < -0.3 is 15.0 Å². The number of benzene rings is 1. The van der Waals surface area contributed by atoms with Crippen LogP contribution in [0.25, 0.3) is 0 Å². The largest absolute Gasteiger partial charge is 0.489 e. The van der Waals surface area contributed by atoms with Crippen molar-refractivity contribution >= 4 is 27.4 Å². The lowest BCUT2D eigenvalue weighted by atomic mass is 10.2. The van der Waals surface area contributed by atoms with Gasteiger partial charge in [0.1, 0.15) is 11.9 Å². The molecule has 1 aromatic rings. The first-order valence-electron chi connectivity index (χ1n) is 8.25. The van der Waals surface area contributed by atoms with E-state index in [1.807, 2.05) is 24.0 Å². The molecular weight excluding hydrogens is 362 g/mol. The van der Waals surface area contributed by atoms with E-state index in [1.54, 1.807) is 33.0 Å². The highest BCUT2D eigenvalue weighted by Crippen LogP contribution is 2.23. The van der Waals surface area contributed by atoms with E-state index in [2.05, 4.69) is 10.3 Å². The molecule has 1 aliphatic heterocycles. The van der Waals surface area contributed by atoms with Gasteiger partial charge in [0.05, 0.1) is 17.0 Å². The van der Waals surface area contributed by atoms with Crippen molar-refractivity contribution in [3.63, 3.8) is 0 Å². The van der Waals surface area contributed by atoms with Crippen LogP contribution in [-0.2, 0) is 9.84 Å². The summed E-state index contributed by atoms with van der Waals surface area (Å²) >= 11 is 5.87. The van der Waals surface area contributed by atoms with Crippen molar-refractivity contribution in [1.82, 2.24) is 10.2 Å². The summed E-state index contributed by atoms with van der Waals surface area (Å²) in [5.74, 6) is 1.57. The van der Waals surface area contributed by atoms with Crippen LogP contribution in [0.1, 0.15) is 20.8 Å². The molecule has 2 rings (SSSR count). The highest BCUT2D eigenvalue weighted by Gasteiger charge is 2.40. The van der Waals surface area contributed by atoms with Gasteiger partial charge in [0.15, 0.2) is 15.8 Å². The molecule has 1 N–H and O–H groups in total. The van der Waals surface area contributed by atoms with Crippen LogP contribution in [0.15, 0.2) is 29.3 Å². The van der Waals surface area contributed by atoms with E-state index in [1.165, 1.54) is 0 Å². The Balaban J connectivity index is 1.91. The van der Waals surface area contributed by atoms with Gasteiger partial charge in [-0.3, -0.25) is 4.99 Å². The summed E-state index contributed by atoms with van der Waals surface area (Å²) in [7, 11) is -1.37. The standard InChI is InChI=1S/C17H26ClN3O3S/c1-13(24-15-7-5-14(18)6-8-15)11-20-16(19-4)21-9-10-25(22,23)17(2,3)12-21/h5-8,13H,9-12H2,1-4H3,(H,19,20). The molecule has 0 radical (unpaired) electrons. The van der Waals surface area contributed by atoms with E-state index in [0.29, 0.717) is 30.6 Å². The molecule has 0 saturated carbocycles. The Morgan fingerprint density at radius 2 is 2.04 bits per heavy atom. The van der Waals surface area contributed by atoms with E-state index in [0.717, 1.165) is 5.75 Å². The zero-order valence-electron chi connectivity index (χ0n) is 15.1. The first-order chi connectivity index (χ1) is 11.6. The molecule has 1 fully saturated rings. The van der Waals surface area contributed by atoms with Crippen LogP contribution < -0.4 is 10.1 Å². The third kappa shape index (κ3) is 5.01. The molecule has 1 unspecified atom stereocenters. The van der Waals surface area contributed by atoms with Crippen LogP contribution in [0, 0.1) is 0 Å². The number of hydrogen-bond donors (Lipinski definition) is 1. The van der Waals surface area contributed by atoms with Crippen molar-refractivity contribution in [3.8, 4) is 5.75 Å². The molecule has 8 heteroatoms. The average Bonchev–Trinajstić information content (AvgIpc) is 2.53. The molecule has 6 nitrogen and oxygen atoms in total. The van der Waals surface area contributed by atoms with Crippen molar-refractivity contribution < 1.29 is 13.2 Å². The van der Waals surface area contributed by atoms with Crippen molar-refractivity contribution in [3.05, 3.63) is 29.3 Å². The fourth-order valence-electron chi connectivity index (χ4n) is 2.68. The minimum absolute atomic E-state index is 0.0838. The van der Waals surface area contributed by atoms with Crippen molar-refractivity contribution in [2.45, 2.75) is 31.6 Å². The zero-order chi connectivity index (χ0) is 18.7. The number of rotatable bonds is 4. The van der Waals surface area contributed by atoms with Crippen LogP contribution in [-0.4, -0.2) is 62.6 Å². The van der Waals surface area contributed by atoms with E-state index >= 15 is 0 Å². The summed E-state index contributed by atoms with van der Waals surface area (Å²) in [4.78, 5) is 6.26. The summed E-state index contributed by atoms with van der Waals surface area (Å²) in [6.45, 7) is 6.89. The summed E-state index contributed by atoms with van der Waals surface area (Å²) in [5, 5.41) is 3.93. The van der Waals surface area contributed by atoms with Crippen molar-refractivity contribution in [2.75, 3.05) is 32.4 Å². The Morgan fingerprint density at radius 1 is 1.40 bits per heavy atom. The Hall–Kier alpha value is -1.47. The number of guanidine groups is 1. The molecule has 0 spiro atoms. The molecule has 1 heterocycles. The lowest BCUT2D eigenvalue weighted by Gasteiger charge is -2.39. The number of sulfone groups is 1. The molecule has 0 amide bonds. The third-order valence-electron chi connectivity index (χ3n) is 4.25. The van der Waals surface area contributed by atoms with Gasteiger partial charge in [0, 0.05) is 25.2 Å². The van der Waals surface area contributed by atoms with Gasteiger partial charge in [-0.2, -0.15) is 0 Å². The fourth-order valence-corrected chi connectivity index (χ4v) is 4.17. The van der Waals surface area contributed by atoms with Crippen molar-refractivity contribution in [2.24, 2.45) is 4.99 Å². The second-order valence-corrected chi connectivity index (χ2v) is 9.99. The van der Waals surface area contributed by atoms with E-state index in [4.69, 9.17) is 16.3 Å². The Bertz CT molecular complexity index is 717. The minimum atomic E-state index is -3.07. The van der Waals surface area contributed by atoms with Crippen LogP contribution in [0.3, 0.4) is 0 Å². The minimum Gasteiger partial charge on any atom is -0.489 e. The lowest BCUT2D eigenvalue weighted by molar-refractivity contribution is 0.221. The second kappa shape index (κ2) is 7.83. The Morgan fingerprint density at radius 3 is 2.60 bits per heavy atom. The lowest BCUT2D eigenvalue weighted by Crippen LogP contribution is -2.57. The molecule has 0 aliphatic carbocycles. The van der Waals surface area contributed by atoms with Crippen LogP contribution in [0.4, 0.5) is 0 Å². The number of hydrogen-bond acceptors (Lipinski definition) is 4. The van der Waals surface area contributed by atoms with Gasteiger partial charge >= 0.3 is 0 Å². The molecule has 140 valence electrons. The van der Waals surface area contributed by atoms with Crippen LogP contribution in [0.5, 0.6) is 5.75 Å². The summed E-state index contributed by atoms with van der Waals surface area (Å²) in [5.41, 5.74) is 0. The topological polar surface area (TPSA) is 71.0 Å². The van der Waals surface area contributed by atoms with Crippen LogP contribution >= 0.6 is 11.6 Å². The summed E-state index contributed by atoms with van der Waals surface area (Å²) in [6.07, 6.45) is -0.0838. The van der Waals surface area contributed by atoms with Gasteiger partial charge in [0.25, 0.3) is 0 Å². The maximum absolute atomic E-state index is 12.1. The predicted molar refractivity (Wildman–Crippen MR) is 102 cm³/mol. The van der Waals surface area contributed by atoms with Gasteiger partial charge in [0.2, 0.25) is 0 Å². The van der Waals surface area contributed by atoms with Gasteiger partial charge in [-0.15, -0.1) is 0 Å². The van der Waals surface area contributed by atoms with E-state index in [9.17, 15) is 8.42 Å². The smallest absolute Gasteiger partial charge is 0.193 e. The Labute approximate surface area is 155 Å². The first-order valence-corrected chi connectivity index (χ1v) is 10.3. The first kappa shape index (κ1) is 19.8. The maximum Gasteiger partial charge on any atom is 0.193 e. The number of ether oxygens (including phenoxy) is 1. The van der Waals surface area contributed by atoms with Crippen LogP contribution in [0.2, 0.25) is 5.02 Å². The van der Waals surface area contributed by atoms with E-state index < -0.39 is 14.6 Å². The normalized spacial score (nSPS) is 20.8. The molecule has 1 aliphatic rings. The second-order valence-electron chi connectivity index (χ2n) is 6.81. The monoisotopic (exact) mass is 387 g/mol. The summed E-state index contributed by atoms with van der Waals surface area (Å²) < 4.78 is 29.3. The number of nitrogens with one attached hydrogen (secondary N) is 1.